The number of thioether (sulfide) groups is 1. The maximum Gasteiger partial charge on any atom is 0.266 e. The van der Waals surface area contributed by atoms with Gasteiger partial charge in [-0.25, -0.2) is 0 Å². The molecule has 1 heterocycles. The molecule has 3 aromatic carbocycles. The summed E-state index contributed by atoms with van der Waals surface area (Å²) in [5, 5.41) is 3.76. The number of hydrogen-bond acceptors (Lipinski definition) is 4. The molecule has 0 bridgehead atoms. The van der Waals surface area contributed by atoms with Gasteiger partial charge in [0.15, 0.2) is 10.9 Å². The van der Waals surface area contributed by atoms with Gasteiger partial charge < -0.3 is 4.74 Å². The zero-order valence-corrected chi connectivity index (χ0v) is 25.7. The number of aliphatic imine (C=N–C) groups is 1. The Morgan fingerprint density at radius 3 is 2.48 bits per heavy atom. The third kappa shape index (κ3) is 6.14. The van der Waals surface area contributed by atoms with E-state index in [1.807, 2.05) is 41.3 Å². The predicted molar refractivity (Wildman–Crippen MR) is 171 cm³/mol. The zero-order chi connectivity index (χ0) is 27.5. The number of nitrogens with zero attached hydrogens (tertiary/aromatic N) is 2. The molecule has 7 heteroatoms. The Kier molecular flexibility index (Phi) is 8.85. The van der Waals surface area contributed by atoms with Crippen molar-refractivity contribution >= 4 is 67.2 Å². The number of carbonyl (C=O) groups excluding carboxylic acids is 1. The monoisotopic (exact) mass is 636 g/mol. The molecule has 0 spiro atoms. The van der Waals surface area contributed by atoms with Gasteiger partial charge in [0.1, 0.15) is 6.61 Å². The van der Waals surface area contributed by atoms with Crippen LogP contribution in [0.1, 0.15) is 75.3 Å². The Bertz CT molecular complexity index is 1430. The van der Waals surface area contributed by atoms with Gasteiger partial charge in [-0.2, -0.15) is 0 Å². The molecule has 4 nitrogen and oxygen atoms in total. The van der Waals surface area contributed by atoms with E-state index in [-0.39, 0.29) is 11.9 Å². The molecule has 1 amide bonds. The average molecular weight is 638 g/mol. The lowest BCUT2D eigenvalue weighted by Crippen LogP contribution is -2.41. The first-order valence-corrected chi connectivity index (χ1v) is 16.4. The summed E-state index contributed by atoms with van der Waals surface area (Å²) >= 11 is 11.9. The van der Waals surface area contributed by atoms with Crippen LogP contribution in [-0.2, 0) is 11.4 Å². The van der Waals surface area contributed by atoms with Crippen LogP contribution >= 0.6 is 39.3 Å². The summed E-state index contributed by atoms with van der Waals surface area (Å²) in [5.41, 5.74) is 1.97. The Labute approximate surface area is 254 Å². The quantitative estimate of drug-likeness (QED) is 0.253. The third-order valence-electron chi connectivity index (χ3n) is 8.21. The fourth-order valence-electron chi connectivity index (χ4n) is 6.12. The Hall–Kier alpha value is -2.28. The lowest BCUT2D eigenvalue weighted by atomic mass is 9.94. The normalized spacial score (nSPS) is 21.1. The van der Waals surface area contributed by atoms with Gasteiger partial charge in [-0.3, -0.25) is 14.7 Å². The maximum atomic E-state index is 13.8. The summed E-state index contributed by atoms with van der Waals surface area (Å²) < 4.78 is 6.97. The fourth-order valence-corrected chi connectivity index (χ4v) is 8.22. The Morgan fingerprint density at radius 2 is 1.70 bits per heavy atom. The SMILES string of the molecule is O=C1C(=Cc2cc(Cl)c(OCc3cccc4ccccc34)c(Br)c2)SC(=NC2CCCCC2)N1C1CCCCC1. The van der Waals surface area contributed by atoms with Crippen molar-refractivity contribution in [2.24, 2.45) is 4.99 Å². The van der Waals surface area contributed by atoms with E-state index in [0.29, 0.717) is 28.3 Å². The Balaban J connectivity index is 1.24. The number of rotatable bonds is 6. The molecule has 2 aliphatic carbocycles. The molecule has 0 aromatic heterocycles. The fraction of sp³-hybridized carbons (Fsp3) is 0.394. The number of ether oxygens (including phenoxy) is 1. The average Bonchev–Trinajstić information content (AvgIpc) is 3.27. The van der Waals surface area contributed by atoms with Gasteiger partial charge in [-0.05, 0) is 93.5 Å². The Morgan fingerprint density at radius 1 is 0.975 bits per heavy atom. The van der Waals surface area contributed by atoms with Crippen molar-refractivity contribution in [3.8, 4) is 5.75 Å². The number of hydrogen-bond donors (Lipinski definition) is 0. The minimum atomic E-state index is 0.0787. The van der Waals surface area contributed by atoms with Gasteiger partial charge in [0, 0.05) is 6.04 Å². The third-order valence-corrected chi connectivity index (χ3v) is 10.1. The first kappa shape index (κ1) is 27.9. The van der Waals surface area contributed by atoms with Crippen molar-refractivity contribution < 1.29 is 9.53 Å². The van der Waals surface area contributed by atoms with E-state index in [4.69, 9.17) is 21.3 Å². The number of fused-ring (bicyclic) bond motifs is 1. The van der Waals surface area contributed by atoms with Crippen LogP contribution in [0.3, 0.4) is 0 Å². The number of benzene rings is 3. The van der Waals surface area contributed by atoms with Crippen LogP contribution in [-0.4, -0.2) is 28.1 Å². The van der Waals surface area contributed by atoms with Crippen molar-refractivity contribution in [1.29, 1.82) is 0 Å². The molecule has 3 fully saturated rings. The second-order valence-corrected chi connectivity index (χ2v) is 13.3. The molecule has 1 aliphatic heterocycles. The summed E-state index contributed by atoms with van der Waals surface area (Å²) in [5.74, 6) is 0.681. The van der Waals surface area contributed by atoms with Gasteiger partial charge in [-0.1, -0.05) is 92.6 Å². The number of amides is 1. The summed E-state index contributed by atoms with van der Waals surface area (Å²) in [7, 11) is 0. The highest BCUT2D eigenvalue weighted by atomic mass is 79.9. The van der Waals surface area contributed by atoms with Crippen molar-refractivity contribution in [3.05, 3.63) is 80.1 Å². The van der Waals surface area contributed by atoms with Crippen molar-refractivity contribution in [3.63, 3.8) is 0 Å². The van der Waals surface area contributed by atoms with E-state index in [1.165, 1.54) is 61.1 Å². The van der Waals surface area contributed by atoms with E-state index in [1.54, 1.807) is 0 Å². The molecule has 0 unspecified atom stereocenters. The highest BCUT2D eigenvalue weighted by Crippen LogP contribution is 2.41. The summed E-state index contributed by atoms with van der Waals surface area (Å²) in [6.07, 6.45) is 13.7. The summed E-state index contributed by atoms with van der Waals surface area (Å²) in [4.78, 5) is 21.6. The lowest BCUT2D eigenvalue weighted by molar-refractivity contribution is -0.124. The molecule has 40 heavy (non-hydrogen) atoms. The number of carbonyl (C=O) groups is 1. The van der Waals surface area contributed by atoms with Crippen LogP contribution in [0, 0.1) is 0 Å². The molecule has 3 aromatic rings. The van der Waals surface area contributed by atoms with Gasteiger partial charge in [-0.15, -0.1) is 0 Å². The van der Waals surface area contributed by atoms with Gasteiger partial charge >= 0.3 is 0 Å². The highest BCUT2D eigenvalue weighted by molar-refractivity contribution is 9.10. The van der Waals surface area contributed by atoms with Gasteiger partial charge in [0.2, 0.25) is 0 Å². The molecule has 3 aliphatic rings. The highest BCUT2D eigenvalue weighted by Gasteiger charge is 2.39. The summed E-state index contributed by atoms with van der Waals surface area (Å²) in [6.45, 7) is 0.409. The molecule has 1 saturated heterocycles. The van der Waals surface area contributed by atoms with Crippen LogP contribution in [0.15, 0.2) is 69.0 Å². The van der Waals surface area contributed by atoms with E-state index in [0.717, 1.165) is 46.5 Å². The van der Waals surface area contributed by atoms with Gasteiger partial charge in [0.25, 0.3) is 5.91 Å². The zero-order valence-electron chi connectivity index (χ0n) is 22.6. The van der Waals surface area contributed by atoms with Crippen LogP contribution in [0.25, 0.3) is 16.8 Å². The van der Waals surface area contributed by atoms with Crippen LogP contribution in [0.5, 0.6) is 5.75 Å². The predicted octanol–water partition coefficient (Wildman–Crippen LogP) is 9.77. The molecular formula is C33H34BrClN2O2S. The topological polar surface area (TPSA) is 41.9 Å². The molecule has 0 radical (unpaired) electrons. The van der Waals surface area contributed by atoms with Gasteiger partial charge in [0.05, 0.1) is 20.4 Å². The molecule has 208 valence electrons. The lowest BCUT2D eigenvalue weighted by Gasteiger charge is -2.31. The standard InChI is InChI=1S/C33H34BrClN2O2S/c34-28-18-22(19-29(35)31(28)39-21-24-12-9-11-23-10-7-8-17-27(23)24)20-30-32(38)37(26-15-5-2-6-16-26)33(40-30)36-25-13-3-1-4-14-25/h7-12,17-20,25-26H,1-6,13-16,21H2. The second kappa shape index (κ2) is 12.7. The van der Waals surface area contributed by atoms with Crippen molar-refractivity contribution in [2.75, 3.05) is 0 Å². The summed E-state index contributed by atoms with van der Waals surface area (Å²) in [6, 6.07) is 19.0. The van der Waals surface area contributed by atoms with Crippen LogP contribution in [0.2, 0.25) is 5.02 Å². The molecular weight excluding hydrogens is 604 g/mol. The second-order valence-electron chi connectivity index (χ2n) is 11.0. The van der Waals surface area contributed by atoms with E-state index >= 15 is 0 Å². The molecule has 2 saturated carbocycles. The minimum Gasteiger partial charge on any atom is -0.486 e. The van der Waals surface area contributed by atoms with E-state index in [9.17, 15) is 4.79 Å². The molecule has 6 rings (SSSR count). The number of halogens is 2. The molecule has 0 atom stereocenters. The minimum absolute atomic E-state index is 0.0787. The van der Waals surface area contributed by atoms with Crippen molar-refractivity contribution in [2.45, 2.75) is 82.9 Å². The maximum absolute atomic E-state index is 13.8. The van der Waals surface area contributed by atoms with Crippen molar-refractivity contribution in [1.82, 2.24) is 4.90 Å². The van der Waals surface area contributed by atoms with E-state index < -0.39 is 0 Å². The largest absolute Gasteiger partial charge is 0.486 e. The van der Waals surface area contributed by atoms with Crippen LogP contribution < -0.4 is 4.74 Å². The van der Waals surface area contributed by atoms with E-state index in [2.05, 4.69) is 40.2 Å². The number of amidine groups is 1. The van der Waals surface area contributed by atoms with Crippen LogP contribution in [0.4, 0.5) is 0 Å². The smallest absolute Gasteiger partial charge is 0.266 e. The molecule has 0 N–H and O–H groups in total. The first-order valence-electron chi connectivity index (χ1n) is 14.5. The first-order chi connectivity index (χ1) is 19.6.